The number of nitrogens with one attached hydrogen (secondary N) is 1. The molecule has 2 aromatic carbocycles. The molecule has 1 aromatic heterocycles. The molecule has 5 nitrogen and oxygen atoms in total. The monoisotopic (exact) mass is 331 g/mol. The topological polar surface area (TPSA) is 58.1 Å². The summed E-state index contributed by atoms with van der Waals surface area (Å²) >= 11 is 0. The van der Waals surface area contributed by atoms with Gasteiger partial charge in [-0.3, -0.25) is 9.36 Å². The highest BCUT2D eigenvalue weighted by molar-refractivity contribution is 5.77. The predicted octanol–water partition coefficient (Wildman–Crippen LogP) is 2.10. The van der Waals surface area contributed by atoms with Crippen LogP contribution >= 0.6 is 0 Å². The normalized spacial score (nSPS) is 11.0. The summed E-state index contributed by atoms with van der Waals surface area (Å²) in [7, 11) is 1.84. The number of hydrogen-bond acceptors (Lipinski definition) is 3. The maximum atomic E-state index is 13.4. The average molecular weight is 331 g/mol. The number of H-pyrrole nitrogens is 1. The van der Waals surface area contributed by atoms with Crippen LogP contribution in [0, 0.1) is 11.6 Å². The summed E-state index contributed by atoms with van der Waals surface area (Å²) in [6.45, 7) is 0.524. The van der Waals surface area contributed by atoms with Crippen LogP contribution in [0.15, 0.2) is 52.1 Å². The summed E-state index contributed by atoms with van der Waals surface area (Å²) in [5, 5.41) is -0.0594. The summed E-state index contributed by atoms with van der Waals surface area (Å²) in [6.07, 6.45) is 0. The van der Waals surface area contributed by atoms with Crippen LogP contribution in [0.4, 0.5) is 14.5 Å². The van der Waals surface area contributed by atoms with Gasteiger partial charge in [-0.2, -0.15) is 0 Å². The zero-order chi connectivity index (χ0) is 17.3. The van der Waals surface area contributed by atoms with E-state index in [4.69, 9.17) is 0 Å². The van der Waals surface area contributed by atoms with E-state index in [2.05, 4.69) is 4.98 Å². The van der Waals surface area contributed by atoms with E-state index >= 15 is 0 Å². The highest BCUT2D eigenvalue weighted by Gasteiger charge is 2.12. The minimum atomic E-state index is -1.13. The second-order valence-electron chi connectivity index (χ2n) is 5.46. The standard InChI is InChI=1S/C17H15F2N3O2/c1-21(11-5-3-2-4-6-11)7-8-22-16(23)12-9-13(18)14(19)10-15(12)20-17(22)24/h2-6,9-10H,7-8H2,1H3,(H,20,24). The molecule has 0 radical (unpaired) electrons. The van der Waals surface area contributed by atoms with Gasteiger partial charge in [0.05, 0.1) is 10.9 Å². The Balaban J connectivity index is 1.94. The molecule has 124 valence electrons. The Morgan fingerprint density at radius 3 is 2.46 bits per heavy atom. The first kappa shape index (κ1) is 15.9. The average Bonchev–Trinajstić information content (AvgIpc) is 2.57. The fourth-order valence-electron chi connectivity index (χ4n) is 2.51. The lowest BCUT2D eigenvalue weighted by Gasteiger charge is -2.19. The lowest BCUT2D eigenvalue weighted by molar-refractivity contribution is 0.510. The van der Waals surface area contributed by atoms with Gasteiger partial charge in [0, 0.05) is 31.9 Å². The second kappa shape index (κ2) is 6.27. The number of anilines is 1. The van der Waals surface area contributed by atoms with Crippen LogP contribution in [-0.2, 0) is 6.54 Å². The fourth-order valence-corrected chi connectivity index (χ4v) is 2.51. The van der Waals surface area contributed by atoms with Crippen molar-refractivity contribution in [1.29, 1.82) is 0 Å². The SMILES string of the molecule is CN(CCn1c(=O)[nH]c2cc(F)c(F)cc2c1=O)c1ccccc1. The van der Waals surface area contributed by atoms with Crippen LogP contribution in [-0.4, -0.2) is 23.1 Å². The molecular weight excluding hydrogens is 316 g/mol. The third kappa shape index (κ3) is 2.92. The molecule has 0 saturated carbocycles. The number of aromatic amines is 1. The maximum Gasteiger partial charge on any atom is 0.328 e. The molecule has 0 unspecified atom stereocenters. The Morgan fingerprint density at radius 2 is 1.75 bits per heavy atom. The van der Waals surface area contributed by atoms with Gasteiger partial charge in [0.15, 0.2) is 11.6 Å². The summed E-state index contributed by atoms with van der Waals surface area (Å²) in [6, 6.07) is 11.1. The van der Waals surface area contributed by atoms with Crippen LogP contribution in [0.3, 0.4) is 0 Å². The van der Waals surface area contributed by atoms with E-state index < -0.39 is 22.9 Å². The van der Waals surface area contributed by atoms with E-state index in [1.807, 2.05) is 42.3 Å². The van der Waals surface area contributed by atoms with Gasteiger partial charge in [-0.1, -0.05) is 18.2 Å². The Labute approximate surface area is 135 Å². The molecule has 0 amide bonds. The molecular formula is C17H15F2N3O2. The molecule has 7 heteroatoms. The van der Waals surface area contributed by atoms with Crippen molar-refractivity contribution in [3.05, 3.63) is 74.9 Å². The van der Waals surface area contributed by atoms with Gasteiger partial charge in [-0.25, -0.2) is 13.6 Å². The Bertz CT molecular complexity index is 996. The zero-order valence-corrected chi connectivity index (χ0v) is 12.9. The van der Waals surface area contributed by atoms with E-state index in [-0.39, 0.29) is 17.4 Å². The maximum absolute atomic E-state index is 13.4. The molecule has 0 fully saturated rings. The Morgan fingerprint density at radius 1 is 1.08 bits per heavy atom. The lowest BCUT2D eigenvalue weighted by Crippen LogP contribution is -2.38. The van der Waals surface area contributed by atoms with Crippen LogP contribution in [0.25, 0.3) is 10.9 Å². The van der Waals surface area contributed by atoms with Gasteiger partial charge in [0.2, 0.25) is 0 Å². The van der Waals surface area contributed by atoms with Gasteiger partial charge < -0.3 is 9.88 Å². The fraction of sp³-hybridized carbons (Fsp3) is 0.176. The number of fused-ring (bicyclic) bond motifs is 1. The molecule has 0 aliphatic rings. The van der Waals surface area contributed by atoms with Crippen molar-refractivity contribution >= 4 is 16.6 Å². The number of aromatic nitrogens is 2. The molecule has 0 atom stereocenters. The minimum Gasteiger partial charge on any atom is -0.373 e. The minimum absolute atomic E-state index is 0.0171. The van der Waals surface area contributed by atoms with E-state index in [0.29, 0.717) is 6.54 Å². The van der Waals surface area contributed by atoms with Gasteiger partial charge in [-0.15, -0.1) is 0 Å². The lowest BCUT2D eigenvalue weighted by atomic mass is 10.2. The first-order chi connectivity index (χ1) is 11.5. The van der Waals surface area contributed by atoms with Crippen molar-refractivity contribution in [2.45, 2.75) is 6.54 Å². The summed E-state index contributed by atoms with van der Waals surface area (Å²) < 4.78 is 27.6. The number of hydrogen-bond donors (Lipinski definition) is 1. The van der Waals surface area contributed by atoms with Crippen molar-refractivity contribution in [2.24, 2.45) is 0 Å². The molecule has 0 spiro atoms. The molecule has 0 saturated heterocycles. The van der Waals surface area contributed by atoms with Crippen LogP contribution in [0.1, 0.15) is 0 Å². The highest BCUT2D eigenvalue weighted by Crippen LogP contribution is 2.13. The quantitative estimate of drug-likeness (QED) is 0.796. The number of likely N-dealkylation sites (N-methyl/N-ethyl adjacent to an activating group) is 1. The Hall–Kier alpha value is -2.96. The summed E-state index contributed by atoms with van der Waals surface area (Å²) in [4.78, 5) is 28.8. The van der Waals surface area contributed by atoms with Gasteiger partial charge in [0.1, 0.15) is 0 Å². The molecule has 3 rings (SSSR count). The molecule has 0 aliphatic carbocycles. The summed E-state index contributed by atoms with van der Waals surface area (Å²) in [5.74, 6) is -2.24. The first-order valence-electron chi connectivity index (χ1n) is 7.35. The number of benzene rings is 2. The van der Waals surface area contributed by atoms with Gasteiger partial charge in [0.25, 0.3) is 5.56 Å². The summed E-state index contributed by atoms with van der Waals surface area (Å²) in [5.41, 5.74) is -0.374. The van der Waals surface area contributed by atoms with Crippen molar-refractivity contribution in [3.8, 4) is 0 Å². The molecule has 3 aromatic rings. The molecule has 0 aliphatic heterocycles. The smallest absolute Gasteiger partial charge is 0.328 e. The van der Waals surface area contributed by atoms with Crippen LogP contribution < -0.4 is 16.1 Å². The predicted molar refractivity (Wildman–Crippen MR) is 88.5 cm³/mol. The van der Waals surface area contributed by atoms with E-state index in [9.17, 15) is 18.4 Å². The molecule has 1 N–H and O–H groups in total. The van der Waals surface area contributed by atoms with E-state index in [1.165, 1.54) is 0 Å². The number of rotatable bonds is 4. The third-order valence-electron chi connectivity index (χ3n) is 3.88. The first-order valence-corrected chi connectivity index (χ1v) is 7.35. The number of nitrogens with zero attached hydrogens (tertiary/aromatic N) is 2. The van der Waals surface area contributed by atoms with Crippen LogP contribution in [0.2, 0.25) is 0 Å². The van der Waals surface area contributed by atoms with Crippen molar-refractivity contribution < 1.29 is 8.78 Å². The number of para-hydroxylation sites is 1. The Kier molecular flexibility index (Phi) is 4.16. The van der Waals surface area contributed by atoms with Crippen LogP contribution in [0.5, 0.6) is 0 Å². The van der Waals surface area contributed by atoms with E-state index in [1.54, 1.807) is 0 Å². The molecule has 0 bridgehead atoms. The van der Waals surface area contributed by atoms with Crippen molar-refractivity contribution in [2.75, 3.05) is 18.5 Å². The highest BCUT2D eigenvalue weighted by atomic mass is 19.2. The molecule has 24 heavy (non-hydrogen) atoms. The third-order valence-corrected chi connectivity index (χ3v) is 3.88. The number of halogens is 2. The van der Waals surface area contributed by atoms with Crippen molar-refractivity contribution in [3.63, 3.8) is 0 Å². The molecule has 1 heterocycles. The van der Waals surface area contributed by atoms with E-state index in [0.717, 1.165) is 22.4 Å². The zero-order valence-electron chi connectivity index (χ0n) is 12.9. The van der Waals surface area contributed by atoms with Gasteiger partial charge in [-0.05, 0) is 18.2 Å². The van der Waals surface area contributed by atoms with Gasteiger partial charge >= 0.3 is 5.69 Å². The van der Waals surface area contributed by atoms with Crippen molar-refractivity contribution in [1.82, 2.24) is 9.55 Å². The largest absolute Gasteiger partial charge is 0.373 e. The second-order valence-corrected chi connectivity index (χ2v) is 5.46.